The van der Waals surface area contributed by atoms with E-state index in [1.807, 2.05) is 0 Å². The number of rotatable bonds is 47. The SMILES string of the molecule is COCCOCCOCCOC(=O)C(CC(=O)OCCC(F)(F)C(F)(F)C(F)(F)C(F)(F)C(F)(F)C(F)(F)F)NCCSSCCNC(CC(=O)OCCC(F)(F)C(F)(F)C(F)(F)C(F)(F)C(F)(F)C(F)(F)F)C(=O)OCCOCCOCCOC. The minimum atomic E-state index is -8.19. The van der Waals surface area contributed by atoms with E-state index < -0.39 is 160 Å². The van der Waals surface area contributed by atoms with Gasteiger partial charge in [0.1, 0.15) is 25.3 Å². The summed E-state index contributed by atoms with van der Waals surface area (Å²) in [5.74, 6) is -83.9. The highest BCUT2D eigenvalue weighted by Gasteiger charge is 2.92. The Labute approximate surface area is 477 Å². The highest BCUT2D eigenvalue weighted by Crippen LogP contribution is 2.62. The summed E-state index contributed by atoms with van der Waals surface area (Å²) in [6.07, 6.45) is -23.8. The summed E-state index contributed by atoms with van der Waals surface area (Å²) < 4.78 is 399. The quantitative estimate of drug-likeness (QED) is 0.0193. The summed E-state index contributed by atoms with van der Waals surface area (Å²) in [6.45, 7) is -6.28. The average Bonchev–Trinajstić information content (AvgIpc) is 0.733. The molecule has 0 radical (unpaired) electrons. The maximum absolute atomic E-state index is 14.3. The molecule has 2 atom stereocenters. The van der Waals surface area contributed by atoms with Gasteiger partial charge in [0.2, 0.25) is 0 Å². The fourth-order valence-electron chi connectivity index (χ4n) is 5.63. The van der Waals surface area contributed by atoms with Crippen molar-refractivity contribution in [3.8, 4) is 0 Å². The number of hydrogen-bond acceptors (Lipinski definition) is 18. The number of methoxy groups -OCH3 is 2. The molecule has 2 N–H and O–H groups in total. The van der Waals surface area contributed by atoms with Gasteiger partial charge in [-0.05, 0) is 0 Å². The van der Waals surface area contributed by atoms with E-state index in [1.54, 1.807) is 0 Å². The molecule has 44 heteroatoms. The monoisotopic (exact) mass is 1370 g/mol. The van der Waals surface area contributed by atoms with Crippen LogP contribution in [-0.4, -0.2) is 239 Å². The molecule has 0 saturated heterocycles. The van der Waals surface area contributed by atoms with Gasteiger partial charge in [0, 0.05) is 38.8 Å². The summed E-state index contributed by atoms with van der Waals surface area (Å²) in [4.78, 5) is 50.7. The van der Waals surface area contributed by atoms with Crippen LogP contribution >= 0.6 is 21.6 Å². The number of carbonyl (C=O) groups is 4. The maximum atomic E-state index is 14.3. The van der Waals surface area contributed by atoms with Gasteiger partial charge in [-0.15, -0.1) is 0 Å². The first-order valence-corrected chi connectivity index (χ1v) is 26.2. The zero-order chi connectivity index (χ0) is 66.9. The van der Waals surface area contributed by atoms with Gasteiger partial charge in [-0.3, -0.25) is 19.2 Å². The lowest BCUT2D eigenvalue weighted by molar-refractivity contribution is -0.440. The molecule has 0 aromatic carbocycles. The first-order chi connectivity index (χ1) is 39.2. The Morgan fingerprint density at radius 3 is 0.860 bits per heavy atom. The molecule has 2 unspecified atom stereocenters. The number of carbonyl (C=O) groups excluding carboxylic acids is 4. The van der Waals surface area contributed by atoms with E-state index in [-0.39, 0.29) is 90.7 Å². The maximum Gasteiger partial charge on any atom is 0.460 e. The van der Waals surface area contributed by atoms with Crippen molar-refractivity contribution in [2.24, 2.45) is 0 Å². The molecule has 0 aliphatic rings. The summed E-state index contributed by atoms with van der Waals surface area (Å²) in [5, 5.41) is 4.79. The molecule has 16 nitrogen and oxygen atoms in total. The number of nitrogens with one attached hydrogen (secondary N) is 2. The Balaban J connectivity index is 5.93. The molecule has 0 spiro atoms. The van der Waals surface area contributed by atoms with E-state index in [9.17, 15) is 133 Å². The van der Waals surface area contributed by atoms with Crippen LogP contribution in [0, 0.1) is 0 Å². The molecule has 0 aliphatic heterocycles. The van der Waals surface area contributed by atoms with Crippen LogP contribution in [0.1, 0.15) is 25.7 Å². The van der Waals surface area contributed by atoms with Gasteiger partial charge in [0.05, 0.1) is 105 Å². The van der Waals surface area contributed by atoms with Crippen LogP contribution in [0.3, 0.4) is 0 Å². The Hall–Kier alpha value is -3.56. The topological polar surface area (TPSA) is 185 Å². The molecule has 510 valence electrons. The van der Waals surface area contributed by atoms with Gasteiger partial charge in [0.15, 0.2) is 0 Å². The fraction of sp³-hybridized carbons (Fsp3) is 0.905. The molecule has 0 fully saturated rings. The average molecular weight is 1370 g/mol. The second-order valence-electron chi connectivity index (χ2n) is 16.8. The van der Waals surface area contributed by atoms with Crippen molar-refractivity contribution in [3.63, 3.8) is 0 Å². The first-order valence-electron chi connectivity index (χ1n) is 23.7. The lowest BCUT2D eigenvalue weighted by Crippen LogP contribution is -2.70. The molecule has 0 rings (SSSR count). The Morgan fingerprint density at radius 1 is 0.337 bits per heavy atom. The third-order valence-corrected chi connectivity index (χ3v) is 12.9. The van der Waals surface area contributed by atoms with Crippen molar-refractivity contribution in [2.75, 3.05) is 131 Å². The molecule has 86 heavy (non-hydrogen) atoms. The smallest absolute Gasteiger partial charge is 0.460 e. The zero-order valence-corrected chi connectivity index (χ0v) is 45.7. The van der Waals surface area contributed by atoms with E-state index >= 15 is 0 Å². The second-order valence-corrected chi connectivity index (χ2v) is 19.5. The van der Waals surface area contributed by atoms with E-state index in [2.05, 4.69) is 20.1 Å². The number of halogens is 26. The lowest BCUT2D eigenvalue weighted by atomic mass is 9.93. The van der Waals surface area contributed by atoms with Crippen LogP contribution in [0.5, 0.6) is 0 Å². The van der Waals surface area contributed by atoms with E-state index in [1.165, 1.54) is 14.2 Å². The minimum Gasteiger partial charge on any atom is -0.465 e. The third-order valence-electron chi connectivity index (χ3n) is 10.5. The minimum absolute atomic E-state index is 0.0164. The lowest BCUT2D eigenvalue weighted by Gasteiger charge is -2.39. The van der Waals surface area contributed by atoms with Gasteiger partial charge >= 0.3 is 95.5 Å². The number of esters is 4. The van der Waals surface area contributed by atoms with Gasteiger partial charge in [0.25, 0.3) is 0 Å². The fourth-order valence-corrected chi connectivity index (χ4v) is 7.48. The largest absolute Gasteiger partial charge is 0.465 e. The summed E-state index contributed by atoms with van der Waals surface area (Å²) in [5.41, 5.74) is 0. The second kappa shape index (κ2) is 35.2. The summed E-state index contributed by atoms with van der Waals surface area (Å²) in [7, 11) is 4.48. The number of alkyl halides is 26. The zero-order valence-electron chi connectivity index (χ0n) is 44.1. The highest BCUT2D eigenvalue weighted by atomic mass is 33.1. The highest BCUT2D eigenvalue weighted by molar-refractivity contribution is 8.76. The van der Waals surface area contributed by atoms with Crippen molar-refractivity contribution in [2.45, 2.75) is 109 Å². The van der Waals surface area contributed by atoms with Gasteiger partial charge in [-0.25, -0.2) is 0 Å². The van der Waals surface area contributed by atoms with Crippen molar-refractivity contribution in [3.05, 3.63) is 0 Å². The predicted molar refractivity (Wildman–Crippen MR) is 239 cm³/mol. The molecular weight excluding hydrogens is 1310 g/mol. The Bertz CT molecular complexity index is 1900. The van der Waals surface area contributed by atoms with Crippen molar-refractivity contribution in [1.29, 1.82) is 0 Å². The molecule has 0 heterocycles. The number of hydrogen-bond donors (Lipinski definition) is 2. The molecule has 0 aliphatic carbocycles. The van der Waals surface area contributed by atoms with Crippen molar-refractivity contribution in [1.82, 2.24) is 10.6 Å². The van der Waals surface area contributed by atoms with Crippen molar-refractivity contribution < 1.29 is 181 Å². The van der Waals surface area contributed by atoms with E-state index in [0.29, 0.717) is 0 Å². The Morgan fingerprint density at radius 2 is 0.593 bits per heavy atom. The molecule has 0 amide bonds. The predicted octanol–water partition coefficient (Wildman–Crippen LogP) is 8.85. The first kappa shape index (κ1) is 82.4. The van der Waals surface area contributed by atoms with E-state index in [4.69, 9.17) is 37.9 Å². The van der Waals surface area contributed by atoms with Crippen LogP contribution in [0.2, 0.25) is 0 Å². The number of ether oxygens (including phenoxy) is 10. The van der Waals surface area contributed by atoms with Gasteiger partial charge in [-0.1, -0.05) is 21.6 Å². The molecule has 0 aromatic rings. The van der Waals surface area contributed by atoms with Crippen molar-refractivity contribution >= 4 is 45.5 Å². The van der Waals surface area contributed by atoms with Crippen LogP contribution < -0.4 is 10.6 Å². The van der Waals surface area contributed by atoms with E-state index in [0.717, 1.165) is 21.6 Å². The van der Waals surface area contributed by atoms with Gasteiger partial charge in [-0.2, -0.15) is 114 Å². The molecule has 0 bridgehead atoms. The van der Waals surface area contributed by atoms with Crippen LogP contribution in [0.25, 0.3) is 0 Å². The Kier molecular flexibility index (Phi) is 33.7. The summed E-state index contributed by atoms with van der Waals surface area (Å²) in [6, 6.07) is -3.78. The molecule has 0 saturated carbocycles. The standard InChI is InChI=1S/C42H54F26N2O14S2/c1-75-9-11-77-13-15-79-17-19-83-29(73)25(23-27(71)81-7-3-31(43,44)33(47,48)35(51,52)37(55,56)39(59,60)41(63,64)65)69-5-21-85-86-22-6-70-26(30(74)84-20-18-80-16-14-78-12-10-76-2)24-28(72)82-8-4-32(45,46)34(49,50)36(53,54)38(57,58)40(61,62)42(66,67)68/h25-26,69-70H,3-24H2,1-2H3. The summed E-state index contributed by atoms with van der Waals surface area (Å²) >= 11 is 0. The van der Waals surface area contributed by atoms with Crippen LogP contribution in [0.15, 0.2) is 0 Å². The molecule has 0 aromatic heterocycles. The van der Waals surface area contributed by atoms with Crippen LogP contribution in [-0.2, 0) is 66.5 Å². The molecular formula is C42H54F26N2O14S2. The van der Waals surface area contributed by atoms with Crippen LogP contribution in [0.4, 0.5) is 114 Å². The third kappa shape index (κ3) is 22.7. The van der Waals surface area contributed by atoms with Gasteiger partial charge < -0.3 is 58.0 Å². The normalized spacial score (nSPS) is 14.7.